The van der Waals surface area contributed by atoms with E-state index in [2.05, 4.69) is 73.0 Å². The van der Waals surface area contributed by atoms with Crippen molar-refractivity contribution in [3.8, 4) is 0 Å². The van der Waals surface area contributed by atoms with Gasteiger partial charge < -0.3 is 10.6 Å². The van der Waals surface area contributed by atoms with Gasteiger partial charge in [-0.3, -0.25) is 4.79 Å². The smallest absolute Gasteiger partial charge is 0.275 e. The van der Waals surface area contributed by atoms with E-state index in [-0.39, 0.29) is 11.9 Å². The first-order valence-electron chi connectivity index (χ1n) is 9.40. The average Bonchev–Trinajstić information content (AvgIpc) is 2.63. The Hall–Kier alpha value is -2.13. The van der Waals surface area contributed by atoms with Crippen molar-refractivity contribution >= 4 is 5.91 Å². The van der Waals surface area contributed by atoms with E-state index < -0.39 is 0 Å². The molecule has 1 amide bonds. The number of quaternary nitrogens is 1. The van der Waals surface area contributed by atoms with Crippen molar-refractivity contribution in [2.45, 2.75) is 45.2 Å². The number of nitrogens with two attached hydrogens (primary N) is 1. The predicted octanol–water partition coefficient (Wildman–Crippen LogP) is 3.14. The summed E-state index contributed by atoms with van der Waals surface area (Å²) in [6.45, 7) is 4.89. The summed E-state index contributed by atoms with van der Waals surface area (Å²) in [6, 6.07) is 19.4. The zero-order chi connectivity index (χ0) is 17.6. The highest BCUT2D eigenvalue weighted by Gasteiger charge is 2.24. The number of benzene rings is 2. The van der Waals surface area contributed by atoms with Gasteiger partial charge in [0.2, 0.25) is 0 Å². The van der Waals surface area contributed by atoms with Crippen LogP contribution in [0.25, 0.3) is 0 Å². The molecule has 0 aliphatic heterocycles. The van der Waals surface area contributed by atoms with Gasteiger partial charge in [-0.15, -0.1) is 0 Å². The third kappa shape index (κ3) is 4.49. The van der Waals surface area contributed by atoms with Crippen LogP contribution in [0.5, 0.6) is 0 Å². The molecule has 3 N–H and O–H groups in total. The maximum absolute atomic E-state index is 12.5. The Balaban J connectivity index is 1.60. The summed E-state index contributed by atoms with van der Waals surface area (Å²) >= 11 is 0. The van der Waals surface area contributed by atoms with Crippen LogP contribution in [-0.2, 0) is 11.2 Å². The second-order valence-electron chi connectivity index (χ2n) is 7.33. The molecule has 0 aromatic heterocycles. The molecule has 0 saturated heterocycles. The molecule has 0 heterocycles. The van der Waals surface area contributed by atoms with Crippen LogP contribution in [0.2, 0.25) is 0 Å². The lowest BCUT2D eigenvalue weighted by atomic mass is 9.88. The van der Waals surface area contributed by atoms with Crippen molar-refractivity contribution in [1.82, 2.24) is 5.32 Å². The highest BCUT2D eigenvalue weighted by molar-refractivity contribution is 5.77. The van der Waals surface area contributed by atoms with Crippen molar-refractivity contribution < 1.29 is 10.1 Å². The minimum atomic E-state index is 0.128. The summed E-state index contributed by atoms with van der Waals surface area (Å²) < 4.78 is 0. The third-order valence-electron chi connectivity index (χ3n) is 5.16. The lowest BCUT2D eigenvalue weighted by Gasteiger charge is -2.26. The molecule has 0 radical (unpaired) electrons. The quantitative estimate of drug-likeness (QED) is 0.836. The van der Waals surface area contributed by atoms with Crippen LogP contribution in [0.3, 0.4) is 0 Å². The first-order valence-corrected chi connectivity index (χ1v) is 9.40. The lowest BCUT2D eigenvalue weighted by Crippen LogP contribution is -2.88. The zero-order valence-corrected chi connectivity index (χ0v) is 15.2. The van der Waals surface area contributed by atoms with Crippen LogP contribution in [0, 0.1) is 5.92 Å². The molecule has 1 aliphatic carbocycles. The summed E-state index contributed by atoms with van der Waals surface area (Å²) in [7, 11) is 0. The van der Waals surface area contributed by atoms with Gasteiger partial charge in [0.05, 0.1) is 6.04 Å². The van der Waals surface area contributed by atoms with Crippen LogP contribution < -0.4 is 10.6 Å². The summed E-state index contributed by atoms with van der Waals surface area (Å²) in [6.07, 6.45) is 3.30. The first-order chi connectivity index (χ1) is 12.1. The normalized spacial score (nSPS) is 17.8. The fraction of sp³-hybridized carbons (Fsp3) is 0.409. The number of fused-ring (bicyclic) bond motifs is 1. The number of carbonyl (C=O) groups is 1. The number of rotatable bonds is 6. The van der Waals surface area contributed by atoms with Crippen LogP contribution in [0.1, 0.15) is 55.5 Å². The maximum Gasteiger partial charge on any atom is 0.275 e. The molecule has 2 aromatic carbocycles. The van der Waals surface area contributed by atoms with Crippen molar-refractivity contribution in [2.75, 3.05) is 6.54 Å². The molecule has 0 unspecified atom stereocenters. The van der Waals surface area contributed by atoms with Crippen LogP contribution in [-0.4, -0.2) is 12.5 Å². The topological polar surface area (TPSA) is 45.7 Å². The minimum absolute atomic E-state index is 0.128. The number of aryl methyl sites for hydroxylation is 1. The molecule has 132 valence electrons. The van der Waals surface area contributed by atoms with Crippen molar-refractivity contribution in [3.63, 3.8) is 0 Å². The Morgan fingerprint density at radius 2 is 1.84 bits per heavy atom. The molecule has 1 aliphatic rings. The van der Waals surface area contributed by atoms with E-state index in [0.29, 0.717) is 18.5 Å². The van der Waals surface area contributed by atoms with Gasteiger partial charge in [-0.1, -0.05) is 68.4 Å². The van der Waals surface area contributed by atoms with Crippen molar-refractivity contribution in [2.24, 2.45) is 5.92 Å². The van der Waals surface area contributed by atoms with Gasteiger partial charge in [0.1, 0.15) is 6.04 Å². The SMILES string of the molecule is CC(C)[C@H]([NH2+]CC(=O)N[C@@H]1CCCc2ccccc21)c1ccccc1. The first kappa shape index (κ1) is 17.7. The van der Waals surface area contributed by atoms with E-state index in [9.17, 15) is 4.79 Å². The lowest BCUT2D eigenvalue weighted by molar-refractivity contribution is -0.692. The minimum Gasteiger partial charge on any atom is -0.344 e. The largest absolute Gasteiger partial charge is 0.344 e. The van der Waals surface area contributed by atoms with E-state index in [1.54, 1.807) is 0 Å². The molecule has 3 rings (SSSR count). The molecule has 0 bridgehead atoms. The summed E-state index contributed by atoms with van der Waals surface area (Å²) in [5, 5.41) is 5.42. The van der Waals surface area contributed by atoms with Crippen molar-refractivity contribution in [1.29, 1.82) is 0 Å². The van der Waals surface area contributed by atoms with E-state index in [1.165, 1.54) is 16.7 Å². The van der Waals surface area contributed by atoms with Gasteiger partial charge in [-0.25, -0.2) is 0 Å². The average molecular weight is 337 g/mol. The zero-order valence-electron chi connectivity index (χ0n) is 15.2. The van der Waals surface area contributed by atoms with Crippen LogP contribution in [0.4, 0.5) is 0 Å². The second kappa shape index (κ2) is 8.30. The van der Waals surface area contributed by atoms with E-state index in [0.717, 1.165) is 19.3 Å². The van der Waals surface area contributed by atoms with Crippen LogP contribution in [0.15, 0.2) is 54.6 Å². The number of hydrogen-bond acceptors (Lipinski definition) is 1. The molecule has 25 heavy (non-hydrogen) atoms. The molecule has 2 atom stereocenters. The standard InChI is InChI=1S/C22H28N2O/c1-16(2)22(18-10-4-3-5-11-18)23-15-21(25)24-20-14-8-12-17-9-6-7-13-19(17)20/h3-7,9-11,13,16,20,22-23H,8,12,14-15H2,1-2H3,(H,24,25)/p+1/t20-,22+/m1/s1. The Morgan fingerprint density at radius 1 is 1.12 bits per heavy atom. The number of carbonyl (C=O) groups excluding carboxylic acids is 1. The number of nitrogens with one attached hydrogen (secondary N) is 1. The predicted molar refractivity (Wildman–Crippen MR) is 101 cm³/mol. The molecule has 0 fully saturated rings. The van der Waals surface area contributed by atoms with Gasteiger partial charge in [0.15, 0.2) is 6.54 Å². The van der Waals surface area contributed by atoms with E-state index >= 15 is 0 Å². The molecule has 0 saturated carbocycles. The second-order valence-corrected chi connectivity index (χ2v) is 7.33. The Kier molecular flexibility index (Phi) is 5.87. The van der Waals surface area contributed by atoms with Gasteiger partial charge in [-0.2, -0.15) is 0 Å². The van der Waals surface area contributed by atoms with Gasteiger partial charge in [-0.05, 0) is 30.4 Å². The van der Waals surface area contributed by atoms with Gasteiger partial charge in [0.25, 0.3) is 5.91 Å². The fourth-order valence-corrected chi connectivity index (χ4v) is 3.86. The summed E-state index contributed by atoms with van der Waals surface area (Å²) in [5.74, 6) is 0.605. The molecule has 2 aromatic rings. The van der Waals surface area contributed by atoms with Crippen molar-refractivity contribution in [3.05, 3.63) is 71.3 Å². The summed E-state index contributed by atoms with van der Waals surface area (Å²) in [4.78, 5) is 12.5. The highest BCUT2D eigenvalue weighted by atomic mass is 16.2. The summed E-state index contributed by atoms with van der Waals surface area (Å²) in [5.41, 5.74) is 3.96. The van der Waals surface area contributed by atoms with E-state index in [1.807, 2.05) is 6.07 Å². The van der Waals surface area contributed by atoms with Crippen LogP contribution >= 0.6 is 0 Å². The molecular formula is C22H29N2O+. The Morgan fingerprint density at radius 3 is 2.60 bits per heavy atom. The van der Waals surface area contributed by atoms with E-state index in [4.69, 9.17) is 0 Å². The third-order valence-corrected chi connectivity index (χ3v) is 5.16. The van der Waals surface area contributed by atoms with Gasteiger partial charge in [0, 0.05) is 11.5 Å². The highest BCUT2D eigenvalue weighted by Crippen LogP contribution is 2.29. The Labute approximate surface area is 150 Å². The van der Waals surface area contributed by atoms with Gasteiger partial charge >= 0.3 is 0 Å². The maximum atomic E-state index is 12.5. The molecular weight excluding hydrogens is 308 g/mol. The Bertz CT molecular complexity index is 696. The monoisotopic (exact) mass is 337 g/mol. The molecule has 3 nitrogen and oxygen atoms in total. The fourth-order valence-electron chi connectivity index (χ4n) is 3.86. The number of hydrogen-bond donors (Lipinski definition) is 2. The molecule has 0 spiro atoms. The molecule has 3 heteroatoms. The number of amides is 1.